The van der Waals surface area contributed by atoms with Crippen LogP contribution in [-0.2, 0) is 7.05 Å². The van der Waals surface area contributed by atoms with Crippen molar-refractivity contribution >= 4 is 48.6 Å². The highest BCUT2D eigenvalue weighted by Crippen LogP contribution is 2.37. The molecule has 22 heavy (non-hydrogen) atoms. The van der Waals surface area contributed by atoms with Crippen molar-refractivity contribution in [1.82, 2.24) is 20.1 Å². The van der Waals surface area contributed by atoms with Gasteiger partial charge in [0.1, 0.15) is 0 Å². The summed E-state index contributed by atoms with van der Waals surface area (Å²) in [5.74, 6) is 0. The third kappa shape index (κ3) is 2.97. The molecule has 2 aromatic heterocycles. The van der Waals surface area contributed by atoms with Gasteiger partial charge in [-0.1, -0.05) is 27.3 Å². The Balaban J connectivity index is 2.05. The Bertz CT molecular complexity index is 841. The van der Waals surface area contributed by atoms with Crippen LogP contribution in [-0.4, -0.2) is 27.3 Å². The number of fused-ring (bicyclic) bond motifs is 1. The number of hydrogen-bond acceptors (Lipinski definition) is 4. The zero-order valence-electron chi connectivity index (χ0n) is 12.1. The van der Waals surface area contributed by atoms with Crippen molar-refractivity contribution in [2.24, 2.45) is 7.05 Å². The Labute approximate surface area is 139 Å². The summed E-state index contributed by atoms with van der Waals surface area (Å²) in [6.45, 7) is 2.44. The van der Waals surface area contributed by atoms with Crippen LogP contribution in [0.2, 0.25) is 0 Å². The fraction of sp³-hybridized carbons (Fsp3) is 0.214. The summed E-state index contributed by atoms with van der Waals surface area (Å²) in [5.41, 5.74) is 2.89. The van der Waals surface area contributed by atoms with Gasteiger partial charge < -0.3 is 5.32 Å². The summed E-state index contributed by atoms with van der Waals surface area (Å²) in [6.07, 6.45) is 3.77. The number of rotatable bonds is 3. The number of aryl methyl sites for hydroxylation is 1. The van der Waals surface area contributed by atoms with Crippen molar-refractivity contribution < 1.29 is 4.79 Å². The van der Waals surface area contributed by atoms with E-state index in [0.717, 1.165) is 25.8 Å². The molecule has 6 nitrogen and oxygen atoms in total. The number of amides is 2. The first-order valence-electron chi connectivity index (χ1n) is 6.70. The number of nitrogens with one attached hydrogen (secondary N) is 2. The zero-order valence-corrected chi connectivity index (χ0v) is 14.5. The van der Waals surface area contributed by atoms with Crippen LogP contribution in [0.3, 0.4) is 0 Å². The minimum atomic E-state index is -0.247. The molecule has 0 spiro atoms. The molecule has 3 aromatic rings. The smallest absolute Gasteiger partial charge is 0.321 e. The monoisotopic (exact) mass is 379 g/mol. The van der Waals surface area contributed by atoms with Gasteiger partial charge in [-0.05, 0) is 19.1 Å². The summed E-state index contributed by atoms with van der Waals surface area (Å²) in [6, 6.07) is 3.73. The Morgan fingerprint density at radius 1 is 1.45 bits per heavy atom. The highest BCUT2D eigenvalue weighted by Gasteiger charge is 2.13. The van der Waals surface area contributed by atoms with Crippen molar-refractivity contribution in [3.63, 3.8) is 0 Å². The third-order valence-electron chi connectivity index (χ3n) is 3.03. The molecule has 2 amide bonds. The molecule has 0 radical (unpaired) electrons. The van der Waals surface area contributed by atoms with Crippen LogP contribution in [0.25, 0.3) is 21.3 Å². The number of anilines is 1. The maximum Gasteiger partial charge on any atom is 0.321 e. The topological polar surface area (TPSA) is 71.8 Å². The van der Waals surface area contributed by atoms with Gasteiger partial charge in [0.25, 0.3) is 0 Å². The molecule has 3 rings (SSSR count). The molecule has 0 aliphatic rings. The van der Waals surface area contributed by atoms with Gasteiger partial charge in [0.15, 0.2) is 5.13 Å². The molecule has 0 saturated carbocycles. The Morgan fingerprint density at radius 2 is 2.27 bits per heavy atom. The number of carbonyl (C=O) groups excluding carboxylic acids is 1. The molecular formula is C14H14BrN5OS. The molecule has 0 fully saturated rings. The summed E-state index contributed by atoms with van der Waals surface area (Å²) >= 11 is 4.96. The van der Waals surface area contributed by atoms with Gasteiger partial charge in [-0.25, -0.2) is 9.78 Å². The number of aromatic nitrogens is 3. The van der Waals surface area contributed by atoms with E-state index in [1.807, 2.05) is 38.5 Å². The first-order valence-corrected chi connectivity index (χ1v) is 8.31. The predicted molar refractivity (Wildman–Crippen MR) is 92.2 cm³/mol. The quantitative estimate of drug-likeness (QED) is 0.729. The van der Waals surface area contributed by atoms with Crippen LogP contribution in [0.5, 0.6) is 0 Å². The molecule has 0 aliphatic heterocycles. The van der Waals surface area contributed by atoms with E-state index in [4.69, 9.17) is 0 Å². The minimum absolute atomic E-state index is 0.247. The SMILES string of the molecule is CCNC(=O)Nc1nc2cc(Br)cc(-c3cnn(C)c3)c2s1. The minimum Gasteiger partial charge on any atom is -0.338 e. The van der Waals surface area contributed by atoms with E-state index in [1.165, 1.54) is 11.3 Å². The maximum atomic E-state index is 11.6. The lowest BCUT2D eigenvalue weighted by molar-refractivity contribution is 0.252. The first-order chi connectivity index (χ1) is 10.6. The molecule has 0 saturated heterocycles. The highest BCUT2D eigenvalue weighted by atomic mass is 79.9. The van der Waals surface area contributed by atoms with Gasteiger partial charge in [-0.3, -0.25) is 10.00 Å². The van der Waals surface area contributed by atoms with E-state index >= 15 is 0 Å². The number of benzene rings is 1. The molecule has 0 bridgehead atoms. The molecule has 2 N–H and O–H groups in total. The lowest BCUT2D eigenvalue weighted by Gasteiger charge is -2.00. The average Bonchev–Trinajstić information content (AvgIpc) is 3.03. The van der Waals surface area contributed by atoms with Crippen LogP contribution < -0.4 is 10.6 Å². The molecule has 1 aromatic carbocycles. The van der Waals surface area contributed by atoms with Crippen molar-refractivity contribution in [2.45, 2.75) is 6.92 Å². The standard InChI is InChI=1S/C14H14BrN5OS/c1-3-16-13(21)19-14-18-11-5-9(15)4-10(12(11)22-14)8-6-17-20(2)7-8/h4-7H,3H2,1-2H3,(H2,16,18,19,21). The molecule has 114 valence electrons. The summed E-state index contributed by atoms with van der Waals surface area (Å²) in [4.78, 5) is 16.1. The van der Waals surface area contributed by atoms with E-state index in [2.05, 4.69) is 36.6 Å². The molecule has 8 heteroatoms. The van der Waals surface area contributed by atoms with Crippen LogP contribution in [0, 0.1) is 0 Å². The van der Waals surface area contributed by atoms with Crippen LogP contribution in [0.15, 0.2) is 29.0 Å². The first kappa shape index (κ1) is 15.0. The summed E-state index contributed by atoms with van der Waals surface area (Å²) in [5, 5.41) is 10.2. The van der Waals surface area contributed by atoms with E-state index in [0.29, 0.717) is 11.7 Å². The van der Waals surface area contributed by atoms with Crippen molar-refractivity contribution in [2.75, 3.05) is 11.9 Å². The van der Waals surface area contributed by atoms with Crippen LogP contribution >= 0.6 is 27.3 Å². The fourth-order valence-electron chi connectivity index (χ4n) is 2.13. The Hall–Kier alpha value is -1.93. The average molecular weight is 380 g/mol. The van der Waals surface area contributed by atoms with Crippen LogP contribution in [0.4, 0.5) is 9.93 Å². The molecule has 2 heterocycles. The van der Waals surface area contributed by atoms with Crippen molar-refractivity contribution in [1.29, 1.82) is 0 Å². The molecule has 0 aliphatic carbocycles. The predicted octanol–water partition coefficient (Wildman–Crippen LogP) is 3.60. The van der Waals surface area contributed by atoms with Crippen molar-refractivity contribution in [3.05, 3.63) is 29.0 Å². The van der Waals surface area contributed by atoms with Gasteiger partial charge >= 0.3 is 6.03 Å². The van der Waals surface area contributed by atoms with Gasteiger partial charge in [-0.2, -0.15) is 5.10 Å². The Morgan fingerprint density at radius 3 is 2.95 bits per heavy atom. The zero-order chi connectivity index (χ0) is 15.7. The molecule has 0 atom stereocenters. The second-order valence-electron chi connectivity index (χ2n) is 4.71. The number of hydrogen-bond donors (Lipinski definition) is 2. The summed E-state index contributed by atoms with van der Waals surface area (Å²) < 4.78 is 3.72. The fourth-order valence-corrected chi connectivity index (χ4v) is 3.55. The molecular weight excluding hydrogens is 366 g/mol. The largest absolute Gasteiger partial charge is 0.338 e. The van der Waals surface area contributed by atoms with Gasteiger partial charge in [0, 0.05) is 35.4 Å². The highest BCUT2D eigenvalue weighted by molar-refractivity contribution is 9.10. The normalized spacial score (nSPS) is 10.9. The Kier molecular flexibility index (Phi) is 4.12. The van der Waals surface area contributed by atoms with Gasteiger partial charge in [0.2, 0.25) is 0 Å². The van der Waals surface area contributed by atoms with E-state index < -0.39 is 0 Å². The van der Waals surface area contributed by atoms with Gasteiger partial charge in [0.05, 0.1) is 16.4 Å². The summed E-state index contributed by atoms with van der Waals surface area (Å²) in [7, 11) is 1.88. The van der Waals surface area contributed by atoms with E-state index in [9.17, 15) is 4.79 Å². The maximum absolute atomic E-state index is 11.6. The van der Waals surface area contributed by atoms with Crippen molar-refractivity contribution in [3.8, 4) is 11.1 Å². The second-order valence-corrected chi connectivity index (χ2v) is 6.62. The lowest BCUT2D eigenvalue weighted by atomic mass is 10.1. The lowest BCUT2D eigenvalue weighted by Crippen LogP contribution is -2.28. The van der Waals surface area contributed by atoms with Crippen LogP contribution in [0.1, 0.15) is 6.92 Å². The number of urea groups is 1. The number of halogens is 1. The second kappa shape index (κ2) is 6.05. The number of carbonyl (C=O) groups is 1. The van der Waals surface area contributed by atoms with E-state index in [1.54, 1.807) is 4.68 Å². The number of thiazole rings is 1. The molecule has 0 unspecified atom stereocenters. The third-order valence-corrected chi connectivity index (χ3v) is 4.51. The van der Waals surface area contributed by atoms with Gasteiger partial charge in [-0.15, -0.1) is 0 Å². The van der Waals surface area contributed by atoms with E-state index in [-0.39, 0.29) is 6.03 Å². The number of nitrogens with zero attached hydrogens (tertiary/aromatic N) is 3.